The van der Waals surface area contributed by atoms with Crippen LogP contribution in [0.25, 0.3) is 0 Å². The monoisotopic (exact) mass is 496 g/mol. The lowest BCUT2D eigenvalue weighted by Crippen LogP contribution is -2.63. The Labute approximate surface area is 195 Å². The number of ether oxygens (including phenoxy) is 2. The summed E-state index contributed by atoms with van der Waals surface area (Å²) < 4.78 is 24.7. The van der Waals surface area contributed by atoms with Gasteiger partial charge in [-0.05, 0) is 65.3 Å². The fraction of sp³-hybridized carbons (Fsp3) is 1.00. The second-order valence-electron chi connectivity index (χ2n) is 10.6. The van der Waals surface area contributed by atoms with Crippen molar-refractivity contribution in [3.8, 4) is 0 Å². The molecule has 2 N–H and O–H groups in total. The SMILES string of the molecule is CCC(C)(O[Si](C)(C)CCCOCCO)[Si](C)(C)OC(C)[Si](C)(C)CCCOCCO. The first-order valence-corrected chi connectivity index (χ1v) is 21.3. The van der Waals surface area contributed by atoms with E-state index < -0.39 is 24.7 Å². The summed E-state index contributed by atoms with van der Waals surface area (Å²) in [5.41, 5.74) is 0.262. The summed E-state index contributed by atoms with van der Waals surface area (Å²) in [6, 6.07) is 2.20. The van der Waals surface area contributed by atoms with Crippen molar-refractivity contribution in [3.05, 3.63) is 0 Å². The maximum Gasteiger partial charge on any atom is 0.216 e. The number of hydrogen-bond acceptors (Lipinski definition) is 6. The maximum atomic E-state index is 8.85. The zero-order valence-electron chi connectivity index (χ0n) is 21.9. The Kier molecular flexibility index (Phi) is 14.8. The molecule has 9 heteroatoms. The molecule has 188 valence electrons. The summed E-state index contributed by atoms with van der Waals surface area (Å²) in [4.78, 5) is 0. The summed E-state index contributed by atoms with van der Waals surface area (Å²) in [5, 5.41) is 17.5. The topological polar surface area (TPSA) is 77.4 Å². The van der Waals surface area contributed by atoms with Gasteiger partial charge in [-0.15, -0.1) is 0 Å². The van der Waals surface area contributed by atoms with E-state index >= 15 is 0 Å². The molecule has 2 atom stereocenters. The van der Waals surface area contributed by atoms with Crippen molar-refractivity contribution >= 4 is 24.7 Å². The van der Waals surface area contributed by atoms with E-state index in [9.17, 15) is 0 Å². The molecule has 0 fully saturated rings. The molecular formula is C22H52O6Si3. The van der Waals surface area contributed by atoms with Crippen LogP contribution in [0.1, 0.15) is 40.0 Å². The van der Waals surface area contributed by atoms with Crippen LogP contribution in [0.3, 0.4) is 0 Å². The predicted molar refractivity (Wildman–Crippen MR) is 137 cm³/mol. The first-order valence-electron chi connectivity index (χ1n) is 12.0. The van der Waals surface area contributed by atoms with Gasteiger partial charge < -0.3 is 28.5 Å². The second-order valence-corrected chi connectivity index (χ2v) is 24.4. The summed E-state index contributed by atoms with van der Waals surface area (Å²) in [5.74, 6) is 0. The van der Waals surface area contributed by atoms with Gasteiger partial charge in [0.05, 0.1) is 39.7 Å². The number of aliphatic hydroxyl groups excluding tert-OH is 2. The van der Waals surface area contributed by atoms with Crippen LogP contribution in [-0.4, -0.2) is 85.5 Å². The van der Waals surface area contributed by atoms with E-state index in [4.69, 9.17) is 28.5 Å². The van der Waals surface area contributed by atoms with Gasteiger partial charge in [0, 0.05) is 18.9 Å². The van der Waals surface area contributed by atoms with Crippen molar-refractivity contribution in [2.45, 2.75) is 102 Å². The van der Waals surface area contributed by atoms with E-state index in [2.05, 4.69) is 60.1 Å². The summed E-state index contributed by atoms with van der Waals surface area (Å²) >= 11 is 0. The van der Waals surface area contributed by atoms with Crippen molar-refractivity contribution in [1.29, 1.82) is 0 Å². The zero-order valence-corrected chi connectivity index (χ0v) is 24.9. The fourth-order valence-corrected chi connectivity index (χ4v) is 13.7. The molecule has 0 saturated heterocycles. The number of hydrogen-bond donors (Lipinski definition) is 2. The van der Waals surface area contributed by atoms with Crippen LogP contribution in [0.4, 0.5) is 0 Å². The predicted octanol–water partition coefficient (Wildman–Crippen LogP) is 4.57. The number of aliphatic hydroxyl groups is 2. The highest BCUT2D eigenvalue weighted by atomic mass is 28.4. The van der Waals surface area contributed by atoms with Gasteiger partial charge >= 0.3 is 0 Å². The third-order valence-corrected chi connectivity index (χ3v) is 17.6. The van der Waals surface area contributed by atoms with E-state index in [1.165, 1.54) is 0 Å². The largest absolute Gasteiger partial charge is 0.415 e. The molecule has 0 amide bonds. The van der Waals surface area contributed by atoms with Crippen molar-refractivity contribution in [2.75, 3.05) is 39.6 Å². The quantitative estimate of drug-likeness (QED) is 0.201. The van der Waals surface area contributed by atoms with Gasteiger partial charge in [-0.1, -0.05) is 26.1 Å². The molecule has 0 spiro atoms. The molecule has 0 aromatic rings. The van der Waals surface area contributed by atoms with Gasteiger partial charge in [0.15, 0.2) is 8.32 Å². The normalized spacial score (nSPS) is 16.4. The second kappa shape index (κ2) is 14.6. The molecule has 0 bridgehead atoms. The Morgan fingerprint density at radius 1 is 0.806 bits per heavy atom. The molecule has 2 unspecified atom stereocenters. The van der Waals surface area contributed by atoms with Crippen LogP contribution in [-0.2, 0) is 18.3 Å². The molecule has 0 aromatic carbocycles. The van der Waals surface area contributed by atoms with Crippen molar-refractivity contribution < 1.29 is 28.5 Å². The van der Waals surface area contributed by atoms with Crippen LogP contribution in [0.5, 0.6) is 0 Å². The highest BCUT2D eigenvalue weighted by Gasteiger charge is 2.49. The maximum absolute atomic E-state index is 8.85. The first-order chi connectivity index (χ1) is 14.3. The van der Waals surface area contributed by atoms with Gasteiger partial charge in [-0.25, -0.2) is 0 Å². The molecule has 0 heterocycles. The van der Waals surface area contributed by atoms with Crippen LogP contribution in [0.2, 0.25) is 51.4 Å². The van der Waals surface area contributed by atoms with Crippen LogP contribution in [0.15, 0.2) is 0 Å². The van der Waals surface area contributed by atoms with Gasteiger partial charge in [0.2, 0.25) is 8.32 Å². The van der Waals surface area contributed by atoms with E-state index in [0.29, 0.717) is 26.4 Å². The summed E-state index contributed by atoms with van der Waals surface area (Å²) in [6.07, 6.45) is 2.94. The van der Waals surface area contributed by atoms with Crippen LogP contribution in [0, 0.1) is 0 Å². The molecule has 0 rings (SSSR count). The minimum absolute atomic E-state index is 0.0793. The molecule has 0 aliphatic heterocycles. The Balaban J connectivity index is 4.94. The van der Waals surface area contributed by atoms with Gasteiger partial charge in [0.25, 0.3) is 0 Å². The average molecular weight is 497 g/mol. The lowest BCUT2D eigenvalue weighted by molar-refractivity contribution is 0.0886. The molecule has 6 nitrogen and oxygen atoms in total. The van der Waals surface area contributed by atoms with Crippen molar-refractivity contribution in [1.82, 2.24) is 0 Å². The molecule has 0 radical (unpaired) electrons. The third-order valence-electron chi connectivity index (χ3n) is 6.67. The third kappa shape index (κ3) is 11.9. The standard InChI is InChI=1S/C22H52O6Si3/c1-10-22(3,28-30(6,7)20-12-16-26-18-14-24)31(8,9)27-21(2)29(4,5)19-11-15-25-17-13-23/h21,23-24H,10-20H2,1-9H3. The van der Waals surface area contributed by atoms with E-state index in [0.717, 1.165) is 31.4 Å². The van der Waals surface area contributed by atoms with E-state index in [1.807, 2.05) is 0 Å². The average Bonchev–Trinajstić information content (AvgIpc) is 2.66. The van der Waals surface area contributed by atoms with Crippen molar-refractivity contribution in [2.24, 2.45) is 0 Å². The molecular weight excluding hydrogens is 444 g/mol. The molecule has 31 heavy (non-hydrogen) atoms. The Morgan fingerprint density at radius 3 is 1.74 bits per heavy atom. The minimum Gasteiger partial charge on any atom is -0.415 e. The van der Waals surface area contributed by atoms with Gasteiger partial charge in [-0.3, -0.25) is 0 Å². The highest BCUT2D eigenvalue weighted by Crippen LogP contribution is 2.36. The Hall–Kier alpha value is 0.411. The molecule has 0 aliphatic carbocycles. The van der Waals surface area contributed by atoms with Crippen molar-refractivity contribution in [3.63, 3.8) is 0 Å². The van der Waals surface area contributed by atoms with Gasteiger partial charge in [0.1, 0.15) is 0 Å². The highest BCUT2D eigenvalue weighted by molar-refractivity contribution is 6.81. The summed E-state index contributed by atoms with van der Waals surface area (Å²) in [7, 11) is -5.59. The van der Waals surface area contributed by atoms with Crippen LogP contribution >= 0.6 is 0 Å². The fourth-order valence-electron chi connectivity index (χ4n) is 3.77. The molecule has 0 aliphatic rings. The van der Waals surface area contributed by atoms with Crippen LogP contribution < -0.4 is 0 Å². The summed E-state index contributed by atoms with van der Waals surface area (Å²) in [6.45, 7) is 23.2. The molecule has 0 saturated carbocycles. The zero-order chi connectivity index (χ0) is 24.2. The van der Waals surface area contributed by atoms with E-state index in [1.54, 1.807) is 0 Å². The lowest BCUT2D eigenvalue weighted by atomic mass is 10.3. The smallest absolute Gasteiger partial charge is 0.216 e. The van der Waals surface area contributed by atoms with E-state index in [-0.39, 0.29) is 24.2 Å². The Bertz CT molecular complexity index is 476. The lowest BCUT2D eigenvalue weighted by Gasteiger charge is -2.48. The number of rotatable bonds is 19. The molecule has 0 aromatic heterocycles. The minimum atomic E-state index is -2.14. The first kappa shape index (κ1) is 31.4. The Morgan fingerprint density at radius 2 is 1.29 bits per heavy atom. The van der Waals surface area contributed by atoms with Gasteiger partial charge in [-0.2, -0.15) is 0 Å².